The number of piperazine rings is 1. The van der Waals surface area contributed by atoms with Crippen LogP contribution in [0.2, 0.25) is 0 Å². The van der Waals surface area contributed by atoms with E-state index < -0.39 is 28.0 Å². The van der Waals surface area contributed by atoms with Gasteiger partial charge in [0.15, 0.2) is 0 Å². The molecule has 176 valence electrons. The van der Waals surface area contributed by atoms with Gasteiger partial charge in [-0.15, -0.1) is 0 Å². The number of carbonyl (C=O) groups is 2. The topological polar surface area (TPSA) is 81.2 Å². The first-order valence-electron chi connectivity index (χ1n) is 11.4. The molecule has 0 N–H and O–H groups in total. The fraction of sp³-hybridized carbons (Fsp3) is 0.652. The van der Waals surface area contributed by atoms with Crippen molar-refractivity contribution >= 4 is 21.8 Å². The van der Waals surface area contributed by atoms with Gasteiger partial charge in [-0.05, 0) is 37.1 Å². The zero-order valence-corrected chi connectivity index (χ0v) is 20.2. The van der Waals surface area contributed by atoms with Crippen LogP contribution in [0, 0.1) is 11.8 Å². The summed E-state index contributed by atoms with van der Waals surface area (Å²) in [5.41, 5.74) is 1.75. The Morgan fingerprint density at radius 1 is 1.06 bits per heavy atom. The van der Waals surface area contributed by atoms with Crippen molar-refractivity contribution in [3.63, 3.8) is 0 Å². The number of likely N-dealkylation sites (N-methyl/N-ethyl adjacent to an activating group) is 1. The summed E-state index contributed by atoms with van der Waals surface area (Å²) in [4.78, 5) is 32.8. The molecule has 0 radical (unpaired) electrons. The molecule has 8 nitrogen and oxygen atoms in total. The van der Waals surface area contributed by atoms with Gasteiger partial charge in [-0.3, -0.25) is 14.5 Å². The van der Waals surface area contributed by atoms with Gasteiger partial charge < -0.3 is 9.80 Å². The lowest BCUT2D eigenvalue weighted by Gasteiger charge is -2.32. The maximum absolute atomic E-state index is 13.4. The molecular formula is C23H34N4O4S. The van der Waals surface area contributed by atoms with Gasteiger partial charge in [0.05, 0.1) is 24.3 Å². The Morgan fingerprint density at radius 2 is 1.69 bits per heavy atom. The molecule has 1 aromatic rings. The van der Waals surface area contributed by atoms with E-state index in [1.165, 1.54) is 5.56 Å². The SMILES string of the molecule is CC(C)[C@H]1C(=O)N(S(C)(=O)=O)[C@H]2CCN(C(=O)c3ccc(CN4CCN(C)CC4)cc3)[C@H]12. The minimum Gasteiger partial charge on any atom is -0.333 e. The van der Waals surface area contributed by atoms with Crippen LogP contribution in [0.4, 0.5) is 0 Å². The molecule has 0 bridgehead atoms. The minimum atomic E-state index is -3.67. The minimum absolute atomic E-state index is 0.0545. The van der Waals surface area contributed by atoms with Crippen LogP contribution in [0.3, 0.4) is 0 Å². The van der Waals surface area contributed by atoms with E-state index in [1.54, 1.807) is 4.90 Å². The third kappa shape index (κ3) is 4.30. The van der Waals surface area contributed by atoms with Crippen LogP contribution >= 0.6 is 0 Å². The van der Waals surface area contributed by atoms with Crippen LogP contribution in [0.15, 0.2) is 24.3 Å². The van der Waals surface area contributed by atoms with E-state index in [0.29, 0.717) is 18.5 Å². The first-order chi connectivity index (χ1) is 15.1. The van der Waals surface area contributed by atoms with Crippen molar-refractivity contribution in [1.82, 2.24) is 19.0 Å². The Balaban J connectivity index is 1.50. The summed E-state index contributed by atoms with van der Waals surface area (Å²) in [6.07, 6.45) is 1.56. The predicted molar refractivity (Wildman–Crippen MR) is 122 cm³/mol. The number of rotatable bonds is 5. The third-order valence-electron chi connectivity index (χ3n) is 7.13. The van der Waals surface area contributed by atoms with Crippen LogP contribution in [0.1, 0.15) is 36.2 Å². The highest BCUT2D eigenvalue weighted by atomic mass is 32.2. The fourth-order valence-electron chi connectivity index (χ4n) is 5.45. The fourth-order valence-corrected chi connectivity index (χ4v) is 6.62. The maximum atomic E-state index is 13.4. The summed E-state index contributed by atoms with van der Waals surface area (Å²) in [5.74, 6) is -1.06. The van der Waals surface area contributed by atoms with E-state index in [1.807, 2.05) is 38.1 Å². The normalized spacial score (nSPS) is 27.4. The number of nitrogens with zero attached hydrogens (tertiary/aromatic N) is 4. The Kier molecular flexibility index (Phi) is 6.35. The van der Waals surface area contributed by atoms with E-state index in [-0.39, 0.29) is 17.7 Å². The summed E-state index contributed by atoms with van der Waals surface area (Å²) in [6.45, 7) is 9.36. The standard InChI is InChI=1S/C23H34N4O4S/c1-16(2)20-21-19(27(23(20)29)32(4,30)31)9-10-26(21)22(28)18-7-5-17(6-8-18)15-25-13-11-24(3)12-14-25/h5-8,16,19-21H,9-15H2,1-4H3/t19-,20+,21-/m0/s1. The van der Waals surface area contributed by atoms with Crippen molar-refractivity contribution in [3.05, 3.63) is 35.4 Å². The summed E-state index contributed by atoms with van der Waals surface area (Å²) >= 11 is 0. The van der Waals surface area contributed by atoms with E-state index >= 15 is 0 Å². The highest BCUT2D eigenvalue weighted by molar-refractivity contribution is 7.88. The van der Waals surface area contributed by atoms with Gasteiger partial charge in [-0.1, -0.05) is 26.0 Å². The molecule has 1 aromatic carbocycles. The van der Waals surface area contributed by atoms with Gasteiger partial charge in [-0.25, -0.2) is 12.7 Å². The second-order valence-corrected chi connectivity index (χ2v) is 11.6. The number of benzene rings is 1. The molecule has 0 saturated carbocycles. The molecule has 0 aliphatic carbocycles. The van der Waals surface area contributed by atoms with Crippen molar-refractivity contribution in [2.75, 3.05) is 46.0 Å². The lowest BCUT2D eigenvalue weighted by atomic mass is 9.88. The van der Waals surface area contributed by atoms with Gasteiger partial charge in [0, 0.05) is 44.8 Å². The smallest absolute Gasteiger partial charge is 0.254 e. The molecule has 4 rings (SSSR count). The zero-order valence-electron chi connectivity index (χ0n) is 19.4. The lowest BCUT2D eigenvalue weighted by Crippen LogP contribution is -2.44. The van der Waals surface area contributed by atoms with Gasteiger partial charge in [-0.2, -0.15) is 0 Å². The Labute approximate surface area is 191 Å². The number of hydrogen-bond acceptors (Lipinski definition) is 6. The van der Waals surface area contributed by atoms with Gasteiger partial charge in [0.2, 0.25) is 15.9 Å². The van der Waals surface area contributed by atoms with Gasteiger partial charge in [0.25, 0.3) is 5.91 Å². The van der Waals surface area contributed by atoms with E-state index in [0.717, 1.165) is 43.3 Å². The van der Waals surface area contributed by atoms with Crippen LogP contribution in [0.5, 0.6) is 0 Å². The molecule has 0 unspecified atom stereocenters. The molecule has 3 saturated heterocycles. The van der Waals surface area contributed by atoms with Crippen LogP contribution in [0.25, 0.3) is 0 Å². The first kappa shape index (κ1) is 23.2. The molecule has 3 atom stereocenters. The molecule has 9 heteroatoms. The van der Waals surface area contributed by atoms with Gasteiger partial charge in [0.1, 0.15) is 0 Å². The largest absolute Gasteiger partial charge is 0.333 e. The Bertz CT molecular complexity index is 970. The lowest BCUT2D eigenvalue weighted by molar-refractivity contribution is -0.129. The second kappa shape index (κ2) is 8.76. The highest BCUT2D eigenvalue weighted by Gasteiger charge is 2.58. The van der Waals surface area contributed by atoms with Crippen LogP contribution in [-0.2, 0) is 21.4 Å². The first-order valence-corrected chi connectivity index (χ1v) is 13.3. The quantitative estimate of drug-likeness (QED) is 0.652. The summed E-state index contributed by atoms with van der Waals surface area (Å²) in [6, 6.07) is 6.84. The van der Waals surface area contributed by atoms with Crippen molar-refractivity contribution in [2.24, 2.45) is 11.8 Å². The van der Waals surface area contributed by atoms with E-state index in [4.69, 9.17) is 0 Å². The van der Waals surface area contributed by atoms with Crippen LogP contribution in [-0.4, -0.2) is 97.3 Å². The van der Waals surface area contributed by atoms with Crippen molar-refractivity contribution in [1.29, 1.82) is 0 Å². The molecule has 3 aliphatic heterocycles. The summed E-state index contributed by atoms with van der Waals surface area (Å²) < 4.78 is 25.7. The Morgan fingerprint density at radius 3 is 2.25 bits per heavy atom. The number of carbonyl (C=O) groups excluding carboxylic acids is 2. The van der Waals surface area contributed by atoms with Gasteiger partial charge >= 0.3 is 0 Å². The average molecular weight is 463 g/mol. The molecule has 0 aromatic heterocycles. The molecule has 3 aliphatic rings. The molecule has 3 fully saturated rings. The van der Waals surface area contributed by atoms with Crippen molar-refractivity contribution < 1.29 is 18.0 Å². The van der Waals surface area contributed by atoms with Crippen molar-refractivity contribution in [3.8, 4) is 0 Å². The molecule has 32 heavy (non-hydrogen) atoms. The summed E-state index contributed by atoms with van der Waals surface area (Å²) in [7, 11) is -1.53. The summed E-state index contributed by atoms with van der Waals surface area (Å²) in [5, 5.41) is 0. The second-order valence-electron chi connectivity index (χ2n) is 9.79. The monoisotopic (exact) mass is 462 g/mol. The average Bonchev–Trinajstić information content (AvgIpc) is 3.25. The molecule has 2 amide bonds. The predicted octanol–water partition coefficient (Wildman–Crippen LogP) is 1.09. The maximum Gasteiger partial charge on any atom is 0.254 e. The van der Waals surface area contributed by atoms with E-state index in [2.05, 4.69) is 16.8 Å². The van der Waals surface area contributed by atoms with Crippen LogP contribution < -0.4 is 0 Å². The third-order valence-corrected chi connectivity index (χ3v) is 8.30. The zero-order chi connectivity index (χ0) is 23.2. The number of amides is 2. The van der Waals surface area contributed by atoms with E-state index in [9.17, 15) is 18.0 Å². The molecule has 0 spiro atoms. The molecular weight excluding hydrogens is 428 g/mol. The number of hydrogen-bond donors (Lipinski definition) is 0. The number of likely N-dealkylation sites (tertiary alicyclic amines) is 1. The number of sulfonamides is 1. The number of fused-ring (bicyclic) bond motifs is 1. The molecule has 3 heterocycles. The van der Waals surface area contributed by atoms with Crippen molar-refractivity contribution in [2.45, 2.75) is 38.9 Å². The Hall–Kier alpha value is -1.97. The highest BCUT2D eigenvalue weighted by Crippen LogP contribution is 2.41.